The SMILES string of the molecule is CN[C@@H]1CCCN(C(=O)Nc2cccc(C)c2)C1. The maximum atomic E-state index is 12.1. The molecule has 2 rings (SSSR count). The number of likely N-dealkylation sites (N-methyl/N-ethyl adjacent to an activating group) is 1. The van der Waals surface area contributed by atoms with Crippen molar-refractivity contribution >= 4 is 11.7 Å². The summed E-state index contributed by atoms with van der Waals surface area (Å²) in [7, 11) is 1.95. The van der Waals surface area contributed by atoms with Crippen LogP contribution in [0.2, 0.25) is 0 Å². The van der Waals surface area contributed by atoms with E-state index in [4.69, 9.17) is 0 Å². The maximum absolute atomic E-state index is 12.1. The quantitative estimate of drug-likeness (QED) is 0.841. The van der Waals surface area contributed by atoms with Crippen molar-refractivity contribution in [2.24, 2.45) is 0 Å². The second-order valence-corrected chi connectivity index (χ2v) is 4.87. The van der Waals surface area contributed by atoms with Crippen molar-refractivity contribution in [2.75, 3.05) is 25.5 Å². The summed E-state index contributed by atoms with van der Waals surface area (Å²) in [6, 6.07) is 8.30. The van der Waals surface area contributed by atoms with Gasteiger partial charge in [-0.3, -0.25) is 0 Å². The Bertz CT molecular complexity index is 419. The zero-order valence-electron chi connectivity index (χ0n) is 11.1. The van der Waals surface area contributed by atoms with Gasteiger partial charge in [0.1, 0.15) is 0 Å². The van der Waals surface area contributed by atoms with Crippen LogP contribution in [0, 0.1) is 6.92 Å². The summed E-state index contributed by atoms with van der Waals surface area (Å²) >= 11 is 0. The standard InChI is InChI=1S/C14H21N3O/c1-11-5-3-6-12(9-11)16-14(18)17-8-4-7-13(10-17)15-2/h3,5-6,9,13,15H,4,7-8,10H2,1-2H3,(H,16,18)/t13-/m1/s1. The van der Waals surface area contributed by atoms with Crippen LogP contribution in [0.25, 0.3) is 0 Å². The topological polar surface area (TPSA) is 44.4 Å². The smallest absolute Gasteiger partial charge is 0.321 e. The van der Waals surface area contributed by atoms with E-state index in [9.17, 15) is 4.79 Å². The van der Waals surface area contributed by atoms with Crippen LogP contribution >= 0.6 is 0 Å². The van der Waals surface area contributed by atoms with Gasteiger partial charge in [0.15, 0.2) is 0 Å². The number of nitrogens with one attached hydrogen (secondary N) is 2. The number of carbonyl (C=O) groups excluding carboxylic acids is 1. The maximum Gasteiger partial charge on any atom is 0.321 e. The Labute approximate surface area is 108 Å². The molecule has 4 nitrogen and oxygen atoms in total. The number of hydrogen-bond donors (Lipinski definition) is 2. The van der Waals surface area contributed by atoms with E-state index in [2.05, 4.69) is 10.6 Å². The lowest BCUT2D eigenvalue weighted by atomic mass is 10.1. The molecule has 1 aliphatic rings. The van der Waals surface area contributed by atoms with Crippen molar-refractivity contribution in [3.05, 3.63) is 29.8 Å². The molecule has 4 heteroatoms. The molecule has 1 heterocycles. The average molecular weight is 247 g/mol. The van der Waals surface area contributed by atoms with Crippen molar-refractivity contribution in [3.63, 3.8) is 0 Å². The lowest BCUT2D eigenvalue weighted by Crippen LogP contribution is -2.48. The molecular formula is C14H21N3O. The molecule has 1 saturated heterocycles. The number of carbonyl (C=O) groups is 1. The van der Waals surface area contributed by atoms with E-state index >= 15 is 0 Å². The molecule has 0 aromatic heterocycles. The minimum absolute atomic E-state index is 0.000509. The summed E-state index contributed by atoms with van der Waals surface area (Å²) < 4.78 is 0. The third-order valence-corrected chi connectivity index (χ3v) is 3.39. The minimum Gasteiger partial charge on any atom is -0.323 e. The van der Waals surface area contributed by atoms with Gasteiger partial charge in [0.05, 0.1) is 0 Å². The largest absolute Gasteiger partial charge is 0.323 e. The number of anilines is 1. The number of nitrogens with zero attached hydrogens (tertiary/aromatic N) is 1. The second-order valence-electron chi connectivity index (χ2n) is 4.87. The fraction of sp³-hybridized carbons (Fsp3) is 0.500. The van der Waals surface area contributed by atoms with Crippen LogP contribution in [0.1, 0.15) is 18.4 Å². The first kappa shape index (κ1) is 12.9. The van der Waals surface area contributed by atoms with Crippen LogP contribution < -0.4 is 10.6 Å². The van der Waals surface area contributed by atoms with Crippen molar-refractivity contribution in [1.29, 1.82) is 0 Å². The number of rotatable bonds is 2. The van der Waals surface area contributed by atoms with E-state index < -0.39 is 0 Å². The fourth-order valence-corrected chi connectivity index (χ4v) is 2.32. The average Bonchev–Trinajstić information content (AvgIpc) is 2.39. The Morgan fingerprint density at radius 1 is 1.44 bits per heavy atom. The number of amides is 2. The highest BCUT2D eigenvalue weighted by molar-refractivity contribution is 5.89. The van der Waals surface area contributed by atoms with Crippen molar-refractivity contribution in [3.8, 4) is 0 Å². The zero-order chi connectivity index (χ0) is 13.0. The minimum atomic E-state index is 0.000509. The molecule has 1 aromatic carbocycles. The summed E-state index contributed by atoms with van der Waals surface area (Å²) in [4.78, 5) is 14.0. The fourth-order valence-electron chi connectivity index (χ4n) is 2.32. The van der Waals surface area contributed by atoms with Crippen LogP contribution in [-0.2, 0) is 0 Å². The molecule has 0 radical (unpaired) electrons. The highest BCUT2D eigenvalue weighted by Gasteiger charge is 2.22. The van der Waals surface area contributed by atoms with Gasteiger partial charge in [-0.15, -0.1) is 0 Å². The Morgan fingerprint density at radius 3 is 3.00 bits per heavy atom. The van der Waals surface area contributed by atoms with E-state index in [1.165, 1.54) is 0 Å². The van der Waals surface area contributed by atoms with Crippen molar-refractivity contribution < 1.29 is 4.79 Å². The van der Waals surface area contributed by atoms with Gasteiger partial charge in [-0.25, -0.2) is 4.79 Å². The number of urea groups is 1. The molecule has 18 heavy (non-hydrogen) atoms. The number of aryl methyl sites for hydroxylation is 1. The lowest BCUT2D eigenvalue weighted by Gasteiger charge is -2.32. The van der Waals surface area contributed by atoms with Gasteiger partial charge < -0.3 is 15.5 Å². The van der Waals surface area contributed by atoms with E-state index in [0.717, 1.165) is 37.2 Å². The van der Waals surface area contributed by atoms with Gasteiger partial charge in [-0.2, -0.15) is 0 Å². The van der Waals surface area contributed by atoms with E-state index in [0.29, 0.717) is 6.04 Å². The molecule has 0 saturated carbocycles. The Kier molecular flexibility index (Phi) is 4.20. The van der Waals surface area contributed by atoms with Gasteiger partial charge in [-0.1, -0.05) is 12.1 Å². The van der Waals surface area contributed by atoms with Crippen LogP contribution in [0.15, 0.2) is 24.3 Å². The Balaban J connectivity index is 1.95. The first-order valence-corrected chi connectivity index (χ1v) is 6.49. The van der Waals surface area contributed by atoms with Gasteiger partial charge in [0.2, 0.25) is 0 Å². The third-order valence-electron chi connectivity index (χ3n) is 3.39. The molecule has 1 fully saturated rings. The van der Waals surface area contributed by atoms with Crippen molar-refractivity contribution in [1.82, 2.24) is 10.2 Å². The molecule has 1 atom stereocenters. The molecule has 0 aliphatic carbocycles. The van der Waals surface area contributed by atoms with Gasteiger partial charge in [0, 0.05) is 24.8 Å². The molecule has 2 N–H and O–H groups in total. The monoisotopic (exact) mass is 247 g/mol. The highest BCUT2D eigenvalue weighted by Crippen LogP contribution is 2.14. The molecule has 1 aliphatic heterocycles. The lowest BCUT2D eigenvalue weighted by molar-refractivity contribution is 0.187. The second kappa shape index (κ2) is 5.87. The summed E-state index contributed by atoms with van der Waals surface area (Å²) in [5.74, 6) is 0. The summed E-state index contributed by atoms with van der Waals surface area (Å²) in [6.45, 7) is 3.65. The van der Waals surface area contributed by atoms with Crippen LogP contribution in [-0.4, -0.2) is 37.1 Å². The predicted octanol–water partition coefficient (Wildman–Crippen LogP) is 2.21. The molecule has 98 valence electrons. The number of hydrogen-bond acceptors (Lipinski definition) is 2. The van der Waals surface area contributed by atoms with E-state index in [1.54, 1.807) is 0 Å². The first-order valence-electron chi connectivity index (χ1n) is 6.49. The van der Waals surface area contributed by atoms with Crippen molar-refractivity contribution in [2.45, 2.75) is 25.8 Å². The van der Waals surface area contributed by atoms with Gasteiger partial charge >= 0.3 is 6.03 Å². The zero-order valence-corrected chi connectivity index (χ0v) is 11.1. The van der Waals surface area contributed by atoms with Crippen LogP contribution in [0.5, 0.6) is 0 Å². The highest BCUT2D eigenvalue weighted by atomic mass is 16.2. The Morgan fingerprint density at radius 2 is 2.28 bits per heavy atom. The van der Waals surface area contributed by atoms with E-state index in [1.807, 2.05) is 43.1 Å². The molecular weight excluding hydrogens is 226 g/mol. The number of benzene rings is 1. The predicted molar refractivity (Wildman–Crippen MR) is 73.9 cm³/mol. The molecule has 0 unspecified atom stereocenters. The molecule has 0 spiro atoms. The van der Waals surface area contributed by atoms with Gasteiger partial charge in [-0.05, 0) is 44.5 Å². The van der Waals surface area contributed by atoms with E-state index in [-0.39, 0.29) is 6.03 Å². The summed E-state index contributed by atoms with van der Waals surface area (Å²) in [6.07, 6.45) is 2.21. The normalized spacial score (nSPS) is 19.7. The summed E-state index contributed by atoms with van der Waals surface area (Å²) in [5, 5.41) is 6.20. The summed E-state index contributed by atoms with van der Waals surface area (Å²) in [5.41, 5.74) is 2.02. The van der Waals surface area contributed by atoms with Gasteiger partial charge in [0.25, 0.3) is 0 Å². The van der Waals surface area contributed by atoms with Crippen LogP contribution in [0.3, 0.4) is 0 Å². The number of likely N-dealkylation sites (tertiary alicyclic amines) is 1. The first-order chi connectivity index (χ1) is 8.69. The van der Waals surface area contributed by atoms with Crippen LogP contribution in [0.4, 0.5) is 10.5 Å². The Hall–Kier alpha value is -1.55. The number of piperidine rings is 1. The third kappa shape index (κ3) is 3.23. The molecule has 1 aromatic rings. The molecule has 2 amide bonds. The molecule has 0 bridgehead atoms.